The van der Waals surface area contributed by atoms with Gasteiger partial charge in [0.25, 0.3) is 5.78 Å². The Bertz CT molecular complexity index is 314. The minimum Gasteiger partial charge on any atom is -0.459 e. The van der Waals surface area contributed by atoms with Crippen LogP contribution < -0.4 is 0 Å². The first-order valence-corrected chi connectivity index (χ1v) is 5.24. The van der Waals surface area contributed by atoms with Crippen molar-refractivity contribution in [3.05, 3.63) is 22.4 Å². The molecule has 0 radical (unpaired) electrons. The van der Waals surface area contributed by atoms with Crippen molar-refractivity contribution in [2.45, 2.75) is 13.8 Å². The third-order valence-corrected chi connectivity index (χ3v) is 2.35. The summed E-state index contributed by atoms with van der Waals surface area (Å²) in [5.41, 5.74) is 0. The highest BCUT2D eigenvalue weighted by atomic mass is 32.1. The second-order valence-electron chi connectivity index (χ2n) is 3.30. The van der Waals surface area contributed by atoms with Gasteiger partial charge in [-0.3, -0.25) is 4.79 Å². The van der Waals surface area contributed by atoms with Gasteiger partial charge in [-0.2, -0.15) is 0 Å². The minimum absolute atomic E-state index is 0.245. The summed E-state index contributed by atoms with van der Waals surface area (Å²) in [7, 11) is 0. The van der Waals surface area contributed by atoms with Crippen LogP contribution in [-0.2, 0) is 9.53 Å². The molecule has 0 N–H and O–H groups in total. The van der Waals surface area contributed by atoms with Crippen molar-refractivity contribution < 1.29 is 14.3 Å². The summed E-state index contributed by atoms with van der Waals surface area (Å²) in [6, 6.07) is 3.34. The van der Waals surface area contributed by atoms with Crippen LogP contribution in [-0.4, -0.2) is 18.4 Å². The fraction of sp³-hybridized carbons (Fsp3) is 0.400. The average molecular weight is 212 g/mol. The molecule has 0 aliphatic rings. The highest BCUT2D eigenvalue weighted by Crippen LogP contribution is 2.10. The van der Waals surface area contributed by atoms with Crippen LogP contribution in [0.2, 0.25) is 0 Å². The Morgan fingerprint density at radius 1 is 1.50 bits per heavy atom. The first-order chi connectivity index (χ1) is 6.61. The zero-order chi connectivity index (χ0) is 10.6. The van der Waals surface area contributed by atoms with Crippen molar-refractivity contribution in [3.63, 3.8) is 0 Å². The molecule has 0 unspecified atom stereocenters. The monoisotopic (exact) mass is 212 g/mol. The molecule has 0 saturated carbocycles. The second-order valence-corrected chi connectivity index (χ2v) is 4.25. The van der Waals surface area contributed by atoms with E-state index in [4.69, 9.17) is 4.74 Å². The van der Waals surface area contributed by atoms with Crippen molar-refractivity contribution in [2.24, 2.45) is 5.92 Å². The van der Waals surface area contributed by atoms with Crippen molar-refractivity contribution in [1.82, 2.24) is 0 Å². The van der Waals surface area contributed by atoms with Gasteiger partial charge in [0.05, 0.1) is 11.5 Å². The largest absolute Gasteiger partial charge is 0.459 e. The topological polar surface area (TPSA) is 43.4 Å². The number of hydrogen-bond donors (Lipinski definition) is 0. The van der Waals surface area contributed by atoms with Gasteiger partial charge in [0.15, 0.2) is 0 Å². The number of ether oxygens (including phenoxy) is 1. The Morgan fingerprint density at radius 2 is 2.21 bits per heavy atom. The van der Waals surface area contributed by atoms with E-state index in [-0.39, 0.29) is 12.5 Å². The van der Waals surface area contributed by atoms with Gasteiger partial charge < -0.3 is 4.74 Å². The minimum atomic E-state index is -0.763. The lowest BCUT2D eigenvalue weighted by atomic mass is 10.2. The van der Waals surface area contributed by atoms with Gasteiger partial charge in [-0.15, -0.1) is 11.3 Å². The van der Waals surface area contributed by atoms with Crippen LogP contribution >= 0.6 is 11.3 Å². The lowest BCUT2D eigenvalue weighted by Crippen LogP contribution is -2.18. The molecule has 4 heteroatoms. The summed E-state index contributed by atoms with van der Waals surface area (Å²) in [6.07, 6.45) is 0. The van der Waals surface area contributed by atoms with E-state index in [1.54, 1.807) is 17.5 Å². The Morgan fingerprint density at radius 3 is 2.71 bits per heavy atom. The number of Topliss-reactive ketones (excluding diaryl/α,β-unsaturated/α-hetero) is 1. The molecule has 0 bridgehead atoms. The molecule has 0 aliphatic heterocycles. The maximum Gasteiger partial charge on any atom is 0.380 e. The molecule has 0 atom stereocenters. The summed E-state index contributed by atoms with van der Waals surface area (Å²) in [5.74, 6) is -1.07. The molecular weight excluding hydrogens is 200 g/mol. The van der Waals surface area contributed by atoms with Crippen molar-refractivity contribution in [2.75, 3.05) is 6.61 Å². The van der Waals surface area contributed by atoms with Crippen LogP contribution in [0.25, 0.3) is 0 Å². The maximum absolute atomic E-state index is 11.4. The zero-order valence-electron chi connectivity index (χ0n) is 8.15. The van der Waals surface area contributed by atoms with E-state index in [1.165, 1.54) is 11.3 Å². The Labute approximate surface area is 86.7 Å². The number of hydrogen-bond acceptors (Lipinski definition) is 4. The Kier molecular flexibility index (Phi) is 3.83. The molecule has 1 heterocycles. The molecule has 1 rings (SSSR count). The molecule has 0 fully saturated rings. The van der Waals surface area contributed by atoms with Crippen LogP contribution in [0.1, 0.15) is 23.5 Å². The predicted molar refractivity (Wildman–Crippen MR) is 54.4 cm³/mol. The van der Waals surface area contributed by atoms with Gasteiger partial charge in [-0.25, -0.2) is 4.79 Å². The SMILES string of the molecule is CC(C)COC(=O)C(=O)c1cccs1. The van der Waals surface area contributed by atoms with Gasteiger partial charge >= 0.3 is 5.97 Å². The van der Waals surface area contributed by atoms with E-state index in [1.807, 2.05) is 13.8 Å². The molecule has 76 valence electrons. The molecule has 0 aromatic carbocycles. The Hall–Kier alpha value is -1.16. The van der Waals surface area contributed by atoms with Crippen LogP contribution in [0.5, 0.6) is 0 Å². The molecule has 0 saturated heterocycles. The molecule has 3 nitrogen and oxygen atoms in total. The summed E-state index contributed by atoms with van der Waals surface area (Å²) >= 11 is 1.24. The summed E-state index contributed by atoms with van der Waals surface area (Å²) in [5, 5.41) is 1.75. The molecule has 0 spiro atoms. The van der Waals surface area contributed by atoms with Gasteiger partial charge in [0, 0.05) is 0 Å². The number of carbonyl (C=O) groups excluding carboxylic acids is 2. The van der Waals surface area contributed by atoms with Crippen LogP contribution in [0.4, 0.5) is 0 Å². The standard InChI is InChI=1S/C10H12O3S/c1-7(2)6-13-10(12)9(11)8-4-3-5-14-8/h3-5,7H,6H2,1-2H3. The fourth-order valence-corrected chi connectivity index (χ4v) is 1.47. The first-order valence-electron chi connectivity index (χ1n) is 4.36. The molecule has 0 aliphatic carbocycles. The second kappa shape index (κ2) is 4.91. The Balaban J connectivity index is 2.50. The molecule has 0 amide bonds. The lowest BCUT2D eigenvalue weighted by Gasteiger charge is -2.04. The quantitative estimate of drug-likeness (QED) is 0.436. The van der Waals surface area contributed by atoms with Gasteiger partial charge in [0.2, 0.25) is 0 Å². The van der Waals surface area contributed by atoms with Crippen molar-refractivity contribution in [3.8, 4) is 0 Å². The summed E-state index contributed by atoms with van der Waals surface area (Å²) in [6.45, 7) is 4.13. The van der Waals surface area contributed by atoms with E-state index in [0.29, 0.717) is 4.88 Å². The molecule has 1 aromatic rings. The molecular formula is C10H12O3S. The van der Waals surface area contributed by atoms with Gasteiger partial charge in [-0.05, 0) is 17.4 Å². The molecule has 14 heavy (non-hydrogen) atoms. The van der Waals surface area contributed by atoms with E-state index in [0.717, 1.165) is 0 Å². The number of rotatable bonds is 4. The van der Waals surface area contributed by atoms with Crippen molar-refractivity contribution in [1.29, 1.82) is 0 Å². The number of ketones is 1. The first kappa shape index (κ1) is 10.9. The van der Waals surface area contributed by atoms with Crippen LogP contribution in [0, 0.1) is 5.92 Å². The van der Waals surface area contributed by atoms with Crippen molar-refractivity contribution >= 4 is 23.1 Å². The third-order valence-electron chi connectivity index (χ3n) is 1.48. The lowest BCUT2D eigenvalue weighted by molar-refractivity contribution is -0.139. The summed E-state index contributed by atoms with van der Waals surface area (Å²) in [4.78, 5) is 23.0. The number of carbonyl (C=O) groups is 2. The highest BCUT2D eigenvalue weighted by Gasteiger charge is 2.18. The highest BCUT2D eigenvalue weighted by molar-refractivity contribution is 7.12. The predicted octanol–water partition coefficient (Wildman–Crippen LogP) is 2.13. The zero-order valence-corrected chi connectivity index (χ0v) is 8.97. The summed E-state index contributed by atoms with van der Waals surface area (Å²) < 4.78 is 4.81. The molecule has 1 aromatic heterocycles. The smallest absolute Gasteiger partial charge is 0.380 e. The van der Waals surface area contributed by atoms with E-state index < -0.39 is 11.8 Å². The van der Waals surface area contributed by atoms with E-state index >= 15 is 0 Å². The van der Waals surface area contributed by atoms with E-state index in [2.05, 4.69) is 0 Å². The van der Waals surface area contributed by atoms with E-state index in [9.17, 15) is 9.59 Å². The number of esters is 1. The van der Waals surface area contributed by atoms with Gasteiger partial charge in [0.1, 0.15) is 0 Å². The third kappa shape index (κ3) is 2.96. The maximum atomic E-state index is 11.4. The normalized spacial score (nSPS) is 10.2. The van der Waals surface area contributed by atoms with Gasteiger partial charge in [-0.1, -0.05) is 19.9 Å². The van der Waals surface area contributed by atoms with Crippen LogP contribution in [0.3, 0.4) is 0 Å². The number of thiophene rings is 1. The average Bonchev–Trinajstić information content (AvgIpc) is 2.65. The van der Waals surface area contributed by atoms with Crippen LogP contribution in [0.15, 0.2) is 17.5 Å². The fourth-order valence-electron chi connectivity index (χ4n) is 0.816.